The fraction of sp³-hybridized carbons (Fsp3) is 0.571. The van der Waals surface area contributed by atoms with Crippen LogP contribution >= 0.6 is 7.94 Å². The van der Waals surface area contributed by atoms with Crippen LogP contribution < -0.4 is 0 Å². The fourth-order valence-corrected chi connectivity index (χ4v) is 2.21. The van der Waals surface area contributed by atoms with Gasteiger partial charge in [-0.15, -0.1) is 6.42 Å². The zero-order chi connectivity index (χ0) is 9.73. The van der Waals surface area contributed by atoms with Crippen LogP contribution in [0.1, 0.15) is 0 Å². The summed E-state index contributed by atoms with van der Waals surface area (Å²) in [6.07, 6.45) is 4.62. The van der Waals surface area contributed by atoms with Crippen LogP contribution in [0.2, 0.25) is 0 Å². The molecule has 1 N–H and O–H groups in total. The van der Waals surface area contributed by atoms with Gasteiger partial charge in [-0.1, -0.05) is 5.92 Å². The number of carbonyl (C=O) groups excluding carboxylic acids is 1. The average Bonchev–Trinajstić information content (AvgIpc) is 2.48. The van der Waals surface area contributed by atoms with Crippen molar-refractivity contribution in [3.05, 3.63) is 0 Å². The van der Waals surface area contributed by atoms with E-state index in [9.17, 15) is 9.69 Å². The monoisotopic (exact) mass is 205 g/mol. The molecule has 6 heteroatoms. The molecule has 0 atom stereocenters. The molecule has 0 unspecified atom stereocenters. The van der Waals surface area contributed by atoms with Crippen LogP contribution in [-0.2, 0) is 18.6 Å². The van der Waals surface area contributed by atoms with Gasteiger partial charge in [0, 0.05) is 0 Å². The first kappa shape index (κ1) is 10.4. The third-order valence-corrected chi connectivity index (χ3v) is 3.14. The standard InChI is InChI=1S/C7H10O5P/c1-2-3-10-7(8)6-13(9)11-4-5-12-13/h1,9H,3-6H2/q+1. The van der Waals surface area contributed by atoms with Gasteiger partial charge in [-0.3, -0.25) is 0 Å². The van der Waals surface area contributed by atoms with Gasteiger partial charge in [0.1, 0.15) is 13.2 Å². The highest BCUT2D eigenvalue weighted by molar-refractivity contribution is 7.61. The minimum Gasteiger partial charge on any atom is -0.450 e. The number of hydrogen-bond acceptors (Lipinski definition) is 5. The van der Waals surface area contributed by atoms with Crippen molar-refractivity contribution in [3.63, 3.8) is 0 Å². The Hall–Kier alpha value is -0.660. The Kier molecular flexibility index (Phi) is 3.64. The molecule has 0 aromatic rings. The summed E-state index contributed by atoms with van der Waals surface area (Å²) in [7, 11) is -2.96. The zero-order valence-electron chi connectivity index (χ0n) is 6.93. The summed E-state index contributed by atoms with van der Waals surface area (Å²) in [6, 6.07) is 0. The first-order chi connectivity index (χ1) is 6.16. The van der Waals surface area contributed by atoms with E-state index < -0.39 is 13.9 Å². The summed E-state index contributed by atoms with van der Waals surface area (Å²) in [6.45, 7) is 0.526. The van der Waals surface area contributed by atoms with E-state index in [4.69, 9.17) is 15.5 Å². The van der Waals surface area contributed by atoms with E-state index in [1.54, 1.807) is 0 Å². The minimum atomic E-state index is -2.96. The molecule has 0 aliphatic carbocycles. The van der Waals surface area contributed by atoms with Crippen LogP contribution in [0.4, 0.5) is 0 Å². The van der Waals surface area contributed by atoms with Gasteiger partial charge < -0.3 is 4.74 Å². The highest BCUT2D eigenvalue weighted by Crippen LogP contribution is 2.59. The fourth-order valence-electron chi connectivity index (χ4n) is 0.819. The Balaban J connectivity index is 2.31. The van der Waals surface area contributed by atoms with E-state index in [0.29, 0.717) is 13.2 Å². The molecule has 5 nitrogen and oxygen atoms in total. The van der Waals surface area contributed by atoms with E-state index in [1.807, 2.05) is 0 Å². The lowest BCUT2D eigenvalue weighted by atomic mass is 10.7. The molecule has 72 valence electrons. The third-order valence-electron chi connectivity index (χ3n) is 1.31. The van der Waals surface area contributed by atoms with Gasteiger partial charge in [0.05, 0.1) is 0 Å². The lowest BCUT2D eigenvalue weighted by molar-refractivity contribution is -0.139. The van der Waals surface area contributed by atoms with Gasteiger partial charge >= 0.3 is 13.9 Å². The summed E-state index contributed by atoms with van der Waals surface area (Å²) in [5, 5.41) is 0. The molecule has 0 aromatic carbocycles. The summed E-state index contributed by atoms with van der Waals surface area (Å²) in [4.78, 5) is 20.4. The molecule has 1 aliphatic rings. The summed E-state index contributed by atoms with van der Waals surface area (Å²) < 4.78 is 14.3. The smallest absolute Gasteiger partial charge is 0.420 e. The molecular weight excluding hydrogens is 195 g/mol. The van der Waals surface area contributed by atoms with Crippen LogP contribution in [0, 0.1) is 12.3 Å². The van der Waals surface area contributed by atoms with E-state index in [1.165, 1.54) is 0 Å². The van der Waals surface area contributed by atoms with Crippen molar-refractivity contribution in [3.8, 4) is 12.3 Å². The summed E-state index contributed by atoms with van der Waals surface area (Å²) in [5.74, 6) is 1.54. The molecule has 0 amide bonds. The number of esters is 1. The highest BCUT2D eigenvalue weighted by atomic mass is 31.2. The lowest BCUT2D eigenvalue weighted by Crippen LogP contribution is -2.13. The van der Waals surface area contributed by atoms with Gasteiger partial charge in [-0.05, 0) is 0 Å². The Morgan fingerprint density at radius 2 is 2.23 bits per heavy atom. The average molecular weight is 205 g/mol. The number of terminal acetylenes is 1. The van der Waals surface area contributed by atoms with Gasteiger partial charge in [-0.25, -0.2) is 4.79 Å². The van der Waals surface area contributed by atoms with E-state index in [-0.39, 0.29) is 12.8 Å². The van der Waals surface area contributed by atoms with Crippen LogP contribution in [0.25, 0.3) is 0 Å². The second-order valence-electron chi connectivity index (χ2n) is 2.33. The van der Waals surface area contributed by atoms with Crippen molar-refractivity contribution in [2.45, 2.75) is 0 Å². The van der Waals surface area contributed by atoms with Gasteiger partial charge in [-0.2, -0.15) is 13.9 Å². The first-order valence-corrected chi connectivity index (χ1v) is 5.41. The zero-order valence-corrected chi connectivity index (χ0v) is 7.83. The van der Waals surface area contributed by atoms with Crippen molar-refractivity contribution in [2.24, 2.45) is 0 Å². The Morgan fingerprint density at radius 1 is 1.62 bits per heavy atom. The second kappa shape index (κ2) is 4.54. The molecule has 0 saturated carbocycles. The van der Waals surface area contributed by atoms with Crippen molar-refractivity contribution >= 4 is 13.9 Å². The molecule has 13 heavy (non-hydrogen) atoms. The van der Waals surface area contributed by atoms with E-state index in [0.717, 1.165) is 0 Å². The summed E-state index contributed by atoms with van der Waals surface area (Å²) in [5.41, 5.74) is 0. The number of hydrogen-bond donors (Lipinski definition) is 1. The largest absolute Gasteiger partial charge is 0.450 e. The molecular formula is C7H10O5P+. The molecule has 0 radical (unpaired) electrons. The van der Waals surface area contributed by atoms with Gasteiger partial charge in [0.25, 0.3) is 0 Å². The Bertz CT molecular complexity index is 228. The normalized spacial score (nSPS) is 19.4. The molecule has 1 saturated heterocycles. The third kappa shape index (κ3) is 3.29. The predicted molar refractivity (Wildman–Crippen MR) is 45.7 cm³/mol. The molecule has 0 spiro atoms. The first-order valence-electron chi connectivity index (χ1n) is 3.65. The quantitative estimate of drug-likeness (QED) is 0.398. The van der Waals surface area contributed by atoms with Crippen molar-refractivity contribution < 1.29 is 23.5 Å². The molecule has 0 aromatic heterocycles. The van der Waals surface area contributed by atoms with E-state index in [2.05, 4.69) is 10.7 Å². The topological polar surface area (TPSA) is 65.0 Å². The predicted octanol–water partition coefficient (Wildman–Crippen LogP) is -0.0355. The second-order valence-corrected chi connectivity index (χ2v) is 4.43. The number of rotatable bonds is 3. The maximum atomic E-state index is 11.0. The van der Waals surface area contributed by atoms with Crippen molar-refractivity contribution in [1.82, 2.24) is 0 Å². The number of carbonyl (C=O) groups is 1. The Labute approximate surface area is 76.6 Å². The van der Waals surface area contributed by atoms with Crippen LogP contribution in [0.15, 0.2) is 0 Å². The van der Waals surface area contributed by atoms with Crippen molar-refractivity contribution in [1.29, 1.82) is 0 Å². The SMILES string of the molecule is C#CCOC(=O)C[P+]1(O)OCCO1. The van der Waals surface area contributed by atoms with Crippen molar-refractivity contribution in [2.75, 3.05) is 26.0 Å². The maximum absolute atomic E-state index is 11.0. The number of ether oxygens (including phenoxy) is 1. The van der Waals surface area contributed by atoms with E-state index >= 15 is 0 Å². The van der Waals surface area contributed by atoms with Gasteiger partial charge in [0.2, 0.25) is 6.16 Å². The molecule has 1 aliphatic heterocycles. The van der Waals surface area contributed by atoms with Crippen LogP contribution in [0.5, 0.6) is 0 Å². The summed E-state index contributed by atoms with van der Waals surface area (Å²) >= 11 is 0. The highest BCUT2D eigenvalue weighted by Gasteiger charge is 2.48. The lowest BCUT2D eigenvalue weighted by Gasteiger charge is -2.07. The van der Waals surface area contributed by atoms with Crippen LogP contribution in [0.3, 0.4) is 0 Å². The van der Waals surface area contributed by atoms with Crippen LogP contribution in [-0.4, -0.2) is 36.8 Å². The minimum absolute atomic E-state index is 0.0984. The molecule has 1 fully saturated rings. The maximum Gasteiger partial charge on any atom is 0.420 e. The molecule has 0 bridgehead atoms. The molecule has 1 rings (SSSR count). The Morgan fingerprint density at radius 3 is 2.77 bits per heavy atom. The molecule has 1 heterocycles. The van der Waals surface area contributed by atoms with Gasteiger partial charge in [0.15, 0.2) is 6.61 Å².